The molecule has 2 aromatic rings. The van der Waals surface area contributed by atoms with Crippen LogP contribution in [0, 0.1) is 21.7 Å². The number of nitrogens with zero attached hydrogens (tertiary/aromatic N) is 1. The maximum atomic E-state index is 13.4. The van der Waals surface area contributed by atoms with Gasteiger partial charge in [0.15, 0.2) is 6.61 Å². The molecule has 0 radical (unpaired) electrons. The molecule has 0 aliphatic rings. The maximum Gasteiger partial charge on any atom is 0.349 e. The lowest BCUT2D eigenvalue weighted by atomic mass is 10.1. The fraction of sp³-hybridized carbons (Fsp3) is 0.0769. The zero-order valence-corrected chi connectivity index (χ0v) is 11.6. The number of Topliss-reactive ketones (excluding diaryl/α,β-unsaturated/α-hetero) is 1. The lowest BCUT2D eigenvalue weighted by Crippen LogP contribution is -2.15. The molecule has 0 atom stereocenters. The third-order valence-electron chi connectivity index (χ3n) is 2.54. The van der Waals surface area contributed by atoms with Gasteiger partial charge in [-0.3, -0.25) is 14.9 Å². The summed E-state index contributed by atoms with van der Waals surface area (Å²) in [6, 6.07) is 4.63. The Morgan fingerprint density at radius 2 is 1.95 bits per heavy atom. The third-order valence-corrected chi connectivity index (χ3v) is 3.55. The van der Waals surface area contributed by atoms with Gasteiger partial charge >= 0.3 is 11.0 Å². The highest BCUT2D eigenvalue weighted by Gasteiger charge is 2.19. The van der Waals surface area contributed by atoms with Crippen LogP contribution < -0.4 is 0 Å². The molecule has 0 spiro atoms. The monoisotopic (exact) mass is 327 g/mol. The summed E-state index contributed by atoms with van der Waals surface area (Å²) in [5, 5.41) is 10.2. The van der Waals surface area contributed by atoms with Crippen LogP contribution in [0.15, 0.2) is 30.3 Å². The molecule has 0 N–H and O–H groups in total. The lowest BCUT2D eigenvalue weighted by molar-refractivity contribution is -0.380. The van der Waals surface area contributed by atoms with Crippen molar-refractivity contribution in [1.82, 2.24) is 0 Å². The minimum absolute atomic E-state index is 0.0702. The van der Waals surface area contributed by atoms with Crippen molar-refractivity contribution in [1.29, 1.82) is 0 Å². The number of rotatable bonds is 5. The second-order valence-electron chi connectivity index (χ2n) is 4.02. The second-order valence-corrected chi connectivity index (χ2v) is 5.08. The minimum Gasteiger partial charge on any atom is -0.453 e. The number of hydrogen-bond acceptors (Lipinski definition) is 6. The number of ether oxygens (including phenoxy) is 1. The van der Waals surface area contributed by atoms with E-state index >= 15 is 0 Å². The van der Waals surface area contributed by atoms with Gasteiger partial charge in [-0.15, -0.1) is 0 Å². The topological polar surface area (TPSA) is 86.5 Å². The zero-order chi connectivity index (χ0) is 16.3. The first-order chi connectivity index (χ1) is 10.4. The van der Waals surface area contributed by atoms with Crippen molar-refractivity contribution < 1.29 is 28.0 Å². The van der Waals surface area contributed by atoms with Crippen LogP contribution in [-0.4, -0.2) is 23.3 Å². The van der Waals surface area contributed by atoms with Crippen molar-refractivity contribution in [2.75, 3.05) is 6.61 Å². The molecule has 114 valence electrons. The molecule has 0 bridgehead atoms. The smallest absolute Gasteiger partial charge is 0.349 e. The van der Waals surface area contributed by atoms with E-state index in [-0.39, 0.29) is 9.88 Å². The average Bonchev–Trinajstić information content (AvgIpc) is 2.97. The molecule has 0 fully saturated rings. The summed E-state index contributed by atoms with van der Waals surface area (Å²) in [7, 11) is 0. The molecule has 1 aromatic carbocycles. The fourth-order valence-electron chi connectivity index (χ4n) is 1.53. The van der Waals surface area contributed by atoms with E-state index in [4.69, 9.17) is 0 Å². The minimum atomic E-state index is -0.955. The molecule has 2 rings (SSSR count). The molecule has 0 saturated heterocycles. The maximum absolute atomic E-state index is 13.4. The highest BCUT2D eigenvalue weighted by Crippen LogP contribution is 2.24. The molecule has 22 heavy (non-hydrogen) atoms. The molecule has 1 heterocycles. The Balaban J connectivity index is 2.02. The zero-order valence-electron chi connectivity index (χ0n) is 10.7. The lowest BCUT2D eigenvalue weighted by Gasteiger charge is -2.04. The number of esters is 1. The van der Waals surface area contributed by atoms with Crippen molar-refractivity contribution in [2.24, 2.45) is 0 Å². The Hall–Kier alpha value is -2.68. The third kappa shape index (κ3) is 3.50. The number of carbonyl (C=O) groups is 2. The summed E-state index contributed by atoms with van der Waals surface area (Å²) >= 11 is 0.583. The first-order valence-electron chi connectivity index (χ1n) is 5.78. The highest BCUT2D eigenvalue weighted by molar-refractivity contribution is 7.17. The van der Waals surface area contributed by atoms with Gasteiger partial charge in [-0.25, -0.2) is 13.6 Å². The summed E-state index contributed by atoms with van der Waals surface area (Å²) in [5.41, 5.74) is -0.537. The number of nitro groups is 1. The predicted octanol–water partition coefficient (Wildman–Crippen LogP) is 2.97. The number of thiophene rings is 1. The van der Waals surface area contributed by atoms with Gasteiger partial charge in [0.05, 0.1) is 10.5 Å². The highest BCUT2D eigenvalue weighted by atomic mass is 32.1. The number of benzene rings is 1. The Bertz CT molecular complexity index is 759. The van der Waals surface area contributed by atoms with Gasteiger partial charge in [-0.1, -0.05) is 11.3 Å². The van der Waals surface area contributed by atoms with Crippen LogP contribution in [0.5, 0.6) is 0 Å². The summed E-state index contributed by atoms with van der Waals surface area (Å²) in [5.74, 6) is -3.61. The van der Waals surface area contributed by atoms with Crippen molar-refractivity contribution in [3.05, 3.63) is 62.5 Å². The van der Waals surface area contributed by atoms with Crippen LogP contribution in [-0.2, 0) is 4.74 Å². The predicted molar refractivity (Wildman–Crippen MR) is 71.9 cm³/mol. The Morgan fingerprint density at radius 1 is 1.23 bits per heavy atom. The number of carbonyl (C=O) groups excluding carboxylic acids is 2. The molecule has 0 aliphatic heterocycles. The summed E-state index contributed by atoms with van der Waals surface area (Å²) < 4.78 is 31.0. The van der Waals surface area contributed by atoms with Crippen LogP contribution in [0.3, 0.4) is 0 Å². The van der Waals surface area contributed by atoms with E-state index in [2.05, 4.69) is 4.74 Å². The van der Waals surface area contributed by atoms with Gasteiger partial charge in [0.2, 0.25) is 5.78 Å². The van der Waals surface area contributed by atoms with Gasteiger partial charge in [0, 0.05) is 6.07 Å². The SMILES string of the molecule is O=C(OCC(=O)c1cc(F)ccc1F)c1ccc([N+](=O)[O-])s1. The molecule has 0 saturated carbocycles. The molecule has 6 nitrogen and oxygen atoms in total. The molecule has 0 aliphatic carbocycles. The summed E-state index contributed by atoms with van der Waals surface area (Å²) in [4.78, 5) is 33.0. The number of halogens is 2. The van der Waals surface area contributed by atoms with E-state index in [0.717, 1.165) is 18.2 Å². The summed E-state index contributed by atoms with van der Waals surface area (Å²) in [6.45, 7) is -0.801. The van der Waals surface area contributed by atoms with Gasteiger partial charge < -0.3 is 4.74 Å². The standard InChI is InChI=1S/C13H7F2NO5S/c14-7-1-2-9(15)8(5-7)10(17)6-21-13(18)11-3-4-12(22-11)16(19)20/h1-5H,6H2. The Kier molecular flexibility index (Phi) is 4.56. The molecule has 0 amide bonds. The van der Waals surface area contributed by atoms with E-state index in [1.54, 1.807) is 0 Å². The second kappa shape index (κ2) is 6.39. The largest absolute Gasteiger partial charge is 0.453 e. The van der Waals surface area contributed by atoms with Gasteiger partial charge in [-0.2, -0.15) is 0 Å². The van der Waals surface area contributed by atoms with Gasteiger partial charge in [0.1, 0.15) is 16.5 Å². The van der Waals surface area contributed by atoms with Crippen LogP contribution in [0.2, 0.25) is 0 Å². The normalized spacial score (nSPS) is 10.3. The molecule has 1 aromatic heterocycles. The molecule has 0 unspecified atom stereocenters. The molecule has 9 heteroatoms. The van der Waals surface area contributed by atoms with Crippen LogP contribution in [0.25, 0.3) is 0 Å². The van der Waals surface area contributed by atoms with E-state index < -0.39 is 40.5 Å². The van der Waals surface area contributed by atoms with Gasteiger partial charge in [0.25, 0.3) is 0 Å². The van der Waals surface area contributed by atoms with E-state index in [9.17, 15) is 28.5 Å². The van der Waals surface area contributed by atoms with E-state index in [1.165, 1.54) is 6.07 Å². The Labute approximate surface area is 126 Å². The van der Waals surface area contributed by atoms with Crippen LogP contribution in [0.4, 0.5) is 13.8 Å². The number of hydrogen-bond donors (Lipinski definition) is 0. The van der Waals surface area contributed by atoms with Crippen molar-refractivity contribution >= 4 is 28.1 Å². The van der Waals surface area contributed by atoms with Gasteiger partial charge in [-0.05, 0) is 24.3 Å². The summed E-state index contributed by atoms with van der Waals surface area (Å²) in [6.07, 6.45) is 0. The Morgan fingerprint density at radius 3 is 2.59 bits per heavy atom. The van der Waals surface area contributed by atoms with Crippen molar-refractivity contribution in [3.8, 4) is 0 Å². The van der Waals surface area contributed by atoms with Crippen molar-refractivity contribution in [3.63, 3.8) is 0 Å². The first-order valence-corrected chi connectivity index (χ1v) is 6.59. The number of ketones is 1. The fourth-order valence-corrected chi connectivity index (χ4v) is 2.24. The molecular formula is C13H7F2NO5S. The quantitative estimate of drug-likeness (QED) is 0.365. The van der Waals surface area contributed by atoms with Crippen LogP contribution in [0.1, 0.15) is 20.0 Å². The average molecular weight is 327 g/mol. The molecular weight excluding hydrogens is 320 g/mol. The van der Waals surface area contributed by atoms with E-state index in [1.807, 2.05) is 0 Å². The van der Waals surface area contributed by atoms with Crippen molar-refractivity contribution in [2.45, 2.75) is 0 Å². The first kappa shape index (κ1) is 15.7. The van der Waals surface area contributed by atoms with E-state index in [0.29, 0.717) is 17.4 Å². The van der Waals surface area contributed by atoms with Crippen LogP contribution >= 0.6 is 11.3 Å².